The molecule has 0 saturated carbocycles. The van der Waals surface area contributed by atoms with Gasteiger partial charge in [-0.05, 0) is 53.9 Å². The molecule has 2 aromatic carbocycles. The molecule has 3 N–H and O–H groups in total. The Hall–Kier alpha value is -1.69. The van der Waals surface area contributed by atoms with Crippen LogP contribution >= 0.6 is 35.6 Å². The van der Waals surface area contributed by atoms with Crippen molar-refractivity contribution in [2.45, 2.75) is 12.3 Å². The summed E-state index contributed by atoms with van der Waals surface area (Å²) in [6.07, 6.45) is 5.29. The second kappa shape index (κ2) is 10.0. The van der Waals surface area contributed by atoms with Crippen LogP contribution in [0.15, 0.2) is 54.7 Å². The number of benzene rings is 2. The van der Waals surface area contributed by atoms with Crippen LogP contribution in [0.1, 0.15) is 23.5 Å². The minimum Gasteiger partial charge on any atom is -0.363 e. The predicted octanol–water partition coefficient (Wildman–Crippen LogP) is 5.17. The number of rotatable bonds is 8. The molecule has 1 atom stereocenters. The smallest absolute Gasteiger partial charge is 0.166 e. The number of aromatic amines is 1. The Balaban J connectivity index is 1.79. The summed E-state index contributed by atoms with van der Waals surface area (Å²) in [5.74, 6) is 1.23. The second-order valence-corrected chi connectivity index (χ2v) is 8.15. The van der Waals surface area contributed by atoms with Crippen molar-refractivity contribution in [3.05, 3.63) is 70.9 Å². The fourth-order valence-corrected chi connectivity index (χ4v) is 4.09. The topological polar surface area (TPSA) is 39.8 Å². The first kappa shape index (κ1) is 20.1. The SMILES string of the molecule is CSCCCNC(=S)NCC(c1ccccc1Cl)c1c[nH]c2ccccc12. The molecule has 6 heteroatoms. The van der Waals surface area contributed by atoms with E-state index in [1.807, 2.05) is 36.0 Å². The third kappa shape index (κ3) is 5.18. The van der Waals surface area contributed by atoms with E-state index in [1.54, 1.807) is 0 Å². The molecule has 0 amide bonds. The molecular formula is C21H24ClN3S2. The molecule has 1 unspecified atom stereocenters. The molecule has 3 rings (SSSR count). The van der Waals surface area contributed by atoms with Gasteiger partial charge in [0, 0.05) is 41.1 Å². The summed E-state index contributed by atoms with van der Waals surface area (Å²) in [7, 11) is 0. The van der Waals surface area contributed by atoms with Gasteiger partial charge in [-0.25, -0.2) is 0 Å². The largest absolute Gasteiger partial charge is 0.363 e. The molecule has 0 aliphatic rings. The van der Waals surface area contributed by atoms with Crippen LogP contribution in [0.4, 0.5) is 0 Å². The number of aromatic nitrogens is 1. The van der Waals surface area contributed by atoms with Crippen molar-refractivity contribution in [2.24, 2.45) is 0 Å². The van der Waals surface area contributed by atoms with E-state index >= 15 is 0 Å². The van der Waals surface area contributed by atoms with Gasteiger partial charge < -0.3 is 15.6 Å². The fourth-order valence-electron chi connectivity index (χ4n) is 3.20. The third-order valence-electron chi connectivity index (χ3n) is 4.55. The van der Waals surface area contributed by atoms with Gasteiger partial charge in [0.05, 0.1) is 0 Å². The highest BCUT2D eigenvalue weighted by molar-refractivity contribution is 7.98. The van der Waals surface area contributed by atoms with Crippen molar-refractivity contribution < 1.29 is 0 Å². The third-order valence-corrected chi connectivity index (χ3v) is 5.88. The van der Waals surface area contributed by atoms with Crippen molar-refractivity contribution in [3.8, 4) is 0 Å². The number of thioether (sulfide) groups is 1. The Labute approximate surface area is 175 Å². The maximum absolute atomic E-state index is 6.53. The van der Waals surface area contributed by atoms with Gasteiger partial charge in [0.25, 0.3) is 0 Å². The summed E-state index contributed by atoms with van der Waals surface area (Å²) in [5.41, 5.74) is 3.44. The Morgan fingerprint density at radius 1 is 1.11 bits per heavy atom. The molecule has 1 heterocycles. The van der Waals surface area contributed by atoms with Crippen LogP contribution in [0.5, 0.6) is 0 Å². The summed E-state index contributed by atoms with van der Waals surface area (Å²) < 4.78 is 0. The Morgan fingerprint density at radius 3 is 2.70 bits per heavy atom. The Morgan fingerprint density at radius 2 is 1.89 bits per heavy atom. The number of fused-ring (bicyclic) bond motifs is 1. The van der Waals surface area contributed by atoms with E-state index in [0.29, 0.717) is 11.7 Å². The van der Waals surface area contributed by atoms with Crippen LogP contribution in [0, 0.1) is 0 Å². The number of nitrogens with one attached hydrogen (secondary N) is 3. The summed E-state index contributed by atoms with van der Waals surface area (Å²) in [6.45, 7) is 1.57. The zero-order valence-corrected chi connectivity index (χ0v) is 17.7. The minimum atomic E-state index is 0.0980. The van der Waals surface area contributed by atoms with Gasteiger partial charge in [-0.2, -0.15) is 11.8 Å². The quantitative estimate of drug-likeness (QED) is 0.349. The van der Waals surface area contributed by atoms with Gasteiger partial charge in [-0.1, -0.05) is 48.0 Å². The van der Waals surface area contributed by atoms with Crippen LogP contribution in [0.2, 0.25) is 5.02 Å². The van der Waals surface area contributed by atoms with E-state index in [2.05, 4.69) is 52.3 Å². The van der Waals surface area contributed by atoms with Crippen molar-refractivity contribution in [1.82, 2.24) is 15.6 Å². The average Bonchev–Trinajstić information content (AvgIpc) is 3.11. The summed E-state index contributed by atoms with van der Waals surface area (Å²) >= 11 is 13.8. The van der Waals surface area contributed by atoms with Crippen LogP contribution in [-0.4, -0.2) is 35.2 Å². The number of H-pyrrole nitrogens is 1. The molecular weight excluding hydrogens is 394 g/mol. The van der Waals surface area contributed by atoms with Gasteiger partial charge in [0.1, 0.15) is 0 Å². The normalized spacial score (nSPS) is 12.1. The summed E-state index contributed by atoms with van der Waals surface area (Å²) in [4.78, 5) is 3.37. The minimum absolute atomic E-state index is 0.0980. The molecule has 0 saturated heterocycles. The lowest BCUT2D eigenvalue weighted by molar-refractivity contribution is 0.738. The van der Waals surface area contributed by atoms with Crippen LogP contribution in [-0.2, 0) is 0 Å². The van der Waals surface area contributed by atoms with Crippen LogP contribution in [0.25, 0.3) is 10.9 Å². The molecule has 27 heavy (non-hydrogen) atoms. The maximum atomic E-state index is 6.53. The van der Waals surface area contributed by atoms with E-state index in [-0.39, 0.29) is 5.92 Å². The number of hydrogen-bond acceptors (Lipinski definition) is 2. The monoisotopic (exact) mass is 417 g/mol. The highest BCUT2D eigenvalue weighted by Gasteiger charge is 2.20. The van der Waals surface area contributed by atoms with Crippen LogP contribution in [0.3, 0.4) is 0 Å². The lowest BCUT2D eigenvalue weighted by atomic mass is 9.91. The van der Waals surface area contributed by atoms with Gasteiger partial charge in [-0.3, -0.25) is 0 Å². The van der Waals surface area contributed by atoms with E-state index in [0.717, 1.165) is 34.8 Å². The molecule has 142 valence electrons. The van der Waals surface area contributed by atoms with E-state index in [4.69, 9.17) is 23.8 Å². The molecule has 0 radical (unpaired) electrons. The Bertz CT molecular complexity index is 894. The number of halogens is 1. The zero-order chi connectivity index (χ0) is 19.1. The van der Waals surface area contributed by atoms with Crippen molar-refractivity contribution in [2.75, 3.05) is 25.1 Å². The Kier molecular flexibility index (Phi) is 7.44. The highest BCUT2D eigenvalue weighted by atomic mass is 35.5. The van der Waals surface area contributed by atoms with Crippen molar-refractivity contribution in [3.63, 3.8) is 0 Å². The maximum Gasteiger partial charge on any atom is 0.166 e. The lowest BCUT2D eigenvalue weighted by Crippen LogP contribution is -2.38. The molecule has 3 aromatic rings. The molecule has 0 aliphatic carbocycles. The zero-order valence-electron chi connectivity index (χ0n) is 15.3. The summed E-state index contributed by atoms with van der Waals surface area (Å²) in [6, 6.07) is 16.4. The van der Waals surface area contributed by atoms with Crippen LogP contribution < -0.4 is 10.6 Å². The van der Waals surface area contributed by atoms with Crippen molar-refractivity contribution in [1.29, 1.82) is 0 Å². The predicted molar refractivity (Wildman–Crippen MR) is 123 cm³/mol. The van der Waals surface area contributed by atoms with Crippen molar-refractivity contribution >= 4 is 51.6 Å². The molecule has 0 spiro atoms. The first-order chi connectivity index (χ1) is 13.2. The van der Waals surface area contributed by atoms with Gasteiger partial charge in [-0.15, -0.1) is 0 Å². The fraction of sp³-hybridized carbons (Fsp3) is 0.286. The standard InChI is InChI=1S/C21H24ClN3S2/c1-27-12-6-11-23-21(26)25-14-17(15-7-2-4-9-19(15)22)18-13-24-20-10-5-3-8-16(18)20/h2-5,7-10,13,17,24H,6,11-12,14H2,1H3,(H2,23,25,26). The number of para-hydroxylation sites is 1. The number of hydrogen-bond donors (Lipinski definition) is 3. The van der Waals surface area contributed by atoms with Gasteiger partial charge in [0.2, 0.25) is 0 Å². The molecule has 0 fully saturated rings. The van der Waals surface area contributed by atoms with E-state index < -0.39 is 0 Å². The number of thiocarbonyl (C=S) groups is 1. The molecule has 1 aromatic heterocycles. The van der Waals surface area contributed by atoms with Gasteiger partial charge in [0.15, 0.2) is 5.11 Å². The van der Waals surface area contributed by atoms with Gasteiger partial charge >= 0.3 is 0 Å². The first-order valence-corrected chi connectivity index (χ1v) is 11.2. The van der Waals surface area contributed by atoms with E-state index in [1.165, 1.54) is 10.9 Å². The van der Waals surface area contributed by atoms with E-state index in [9.17, 15) is 0 Å². The molecule has 0 aliphatic heterocycles. The lowest BCUT2D eigenvalue weighted by Gasteiger charge is -2.20. The second-order valence-electron chi connectivity index (χ2n) is 6.35. The average molecular weight is 418 g/mol. The first-order valence-electron chi connectivity index (χ1n) is 9.01. The molecule has 3 nitrogen and oxygen atoms in total. The molecule has 0 bridgehead atoms. The highest BCUT2D eigenvalue weighted by Crippen LogP contribution is 2.33. The summed E-state index contributed by atoms with van der Waals surface area (Å²) in [5, 5.41) is 9.34.